The second kappa shape index (κ2) is 4.09. The van der Waals surface area contributed by atoms with E-state index in [2.05, 4.69) is 26.4 Å². The van der Waals surface area contributed by atoms with Gasteiger partial charge in [-0.05, 0) is 18.6 Å². The van der Waals surface area contributed by atoms with E-state index in [0.29, 0.717) is 0 Å². The van der Waals surface area contributed by atoms with Crippen molar-refractivity contribution in [3.05, 3.63) is 6.33 Å². The number of hydrogen-bond donors (Lipinski definition) is 1. The van der Waals surface area contributed by atoms with Crippen LogP contribution in [0.1, 0.15) is 12.8 Å². The summed E-state index contributed by atoms with van der Waals surface area (Å²) in [5.41, 5.74) is 0. The molecule has 1 atom stereocenters. The van der Waals surface area contributed by atoms with Crippen molar-refractivity contribution in [1.29, 1.82) is 0 Å². The molecule has 0 bridgehead atoms. The minimum atomic E-state index is 0.786. The molecule has 0 amide bonds. The summed E-state index contributed by atoms with van der Waals surface area (Å²) in [6.07, 6.45) is 4.30. The summed E-state index contributed by atoms with van der Waals surface area (Å²) in [4.78, 5) is 4.06. The fourth-order valence-corrected chi connectivity index (χ4v) is 2.89. The van der Waals surface area contributed by atoms with Gasteiger partial charge in [-0.2, -0.15) is 16.1 Å². The van der Waals surface area contributed by atoms with E-state index >= 15 is 0 Å². The Bertz CT molecular complexity index is 219. The summed E-state index contributed by atoms with van der Waals surface area (Å²) in [5, 5.41) is 5.02. The lowest BCUT2D eigenvalue weighted by Crippen LogP contribution is -2.13. The van der Waals surface area contributed by atoms with E-state index < -0.39 is 0 Å². The molecule has 1 aliphatic heterocycles. The standard InChI is InChI=1S/C7H11N3S2/c1-2-6(11-3-1)4-8-7-9-5-10-12-7/h5-6H,1-4H2,(H,8,9,10). The Balaban J connectivity index is 1.74. The van der Waals surface area contributed by atoms with Crippen LogP contribution in [-0.4, -0.2) is 26.9 Å². The van der Waals surface area contributed by atoms with Crippen LogP contribution in [0.3, 0.4) is 0 Å². The van der Waals surface area contributed by atoms with Gasteiger partial charge in [0.2, 0.25) is 5.13 Å². The van der Waals surface area contributed by atoms with Gasteiger partial charge in [0.05, 0.1) is 0 Å². The average molecular weight is 201 g/mol. The Kier molecular flexibility index (Phi) is 2.83. The Labute approximate surface area is 80.1 Å². The summed E-state index contributed by atoms with van der Waals surface area (Å²) >= 11 is 3.48. The molecule has 0 aliphatic carbocycles. The molecule has 0 spiro atoms. The molecule has 2 rings (SSSR count). The van der Waals surface area contributed by atoms with Crippen molar-refractivity contribution in [2.45, 2.75) is 18.1 Å². The summed E-state index contributed by atoms with van der Waals surface area (Å²) in [7, 11) is 0. The Morgan fingerprint density at radius 3 is 3.33 bits per heavy atom. The maximum atomic E-state index is 4.06. The zero-order valence-corrected chi connectivity index (χ0v) is 8.33. The second-order valence-corrected chi connectivity index (χ2v) is 4.95. The van der Waals surface area contributed by atoms with E-state index in [1.807, 2.05) is 0 Å². The predicted octanol–water partition coefficient (Wildman–Crippen LogP) is 1.85. The zero-order chi connectivity index (χ0) is 8.23. The maximum absolute atomic E-state index is 4.06. The highest BCUT2D eigenvalue weighted by molar-refractivity contribution is 8.00. The molecule has 1 aliphatic rings. The molecule has 1 N–H and O–H groups in total. The summed E-state index contributed by atoms with van der Waals surface area (Å²) < 4.78 is 3.93. The largest absolute Gasteiger partial charge is 0.359 e. The first-order valence-corrected chi connectivity index (χ1v) is 5.89. The van der Waals surface area contributed by atoms with Gasteiger partial charge in [-0.1, -0.05) is 0 Å². The monoisotopic (exact) mass is 201 g/mol. The van der Waals surface area contributed by atoms with Crippen molar-refractivity contribution in [3.8, 4) is 0 Å². The second-order valence-electron chi connectivity index (χ2n) is 2.76. The third-order valence-electron chi connectivity index (χ3n) is 1.87. The zero-order valence-electron chi connectivity index (χ0n) is 6.69. The minimum Gasteiger partial charge on any atom is -0.359 e. The number of hydrogen-bond acceptors (Lipinski definition) is 5. The third-order valence-corrected chi connectivity index (χ3v) is 3.89. The summed E-state index contributed by atoms with van der Waals surface area (Å²) in [5.74, 6) is 1.32. The van der Waals surface area contributed by atoms with Gasteiger partial charge in [-0.3, -0.25) is 0 Å². The molecular formula is C7H11N3S2. The van der Waals surface area contributed by atoms with Crippen molar-refractivity contribution in [3.63, 3.8) is 0 Å². The van der Waals surface area contributed by atoms with Gasteiger partial charge in [0.1, 0.15) is 6.33 Å². The highest BCUT2D eigenvalue weighted by atomic mass is 32.2. The molecule has 0 aromatic carbocycles. The lowest BCUT2D eigenvalue weighted by atomic mass is 10.2. The van der Waals surface area contributed by atoms with Crippen LogP contribution < -0.4 is 5.32 Å². The predicted molar refractivity (Wildman–Crippen MR) is 53.9 cm³/mol. The fourth-order valence-electron chi connectivity index (χ4n) is 1.26. The van der Waals surface area contributed by atoms with Crippen LogP contribution >= 0.6 is 23.3 Å². The van der Waals surface area contributed by atoms with Crippen LogP contribution in [0.2, 0.25) is 0 Å². The van der Waals surface area contributed by atoms with E-state index in [4.69, 9.17) is 0 Å². The van der Waals surface area contributed by atoms with E-state index in [-0.39, 0.29) is 0 Å². The van der Waals surface area contributed by atoms with E-state index in [1.165, 1.54) is 30.1 Å². The van der Waals surface area contributed by atoms with Crippen molar-refractivity contribution >= 4 is 28.4 Å². The first-order chi connectivity index (χ1) is 5.95. The van der Waals surface area contributed by atoms with E-state index in [9.17, 15) is 0 Å². The lowest BCUT2D eigenvalue weighted by molar-refractivity contribution is 0.805. The molecule has 1 aromatic heterocycles. The smallest absolute Gasteiger partial charge is 0.202 e. The average Bonchev–Trinajstić information content (AvgIpc) is 2.74. The molecule has 5 heteroatoms. The van der Waals surface area contributed by atoms with Gasteiger partial charge < -0.3 is 5.32 Å². The van der Waals surface area contributed by atoms with Crippen LogP contribution in [0.5, 0.6) is 0 Å². The first-order valence-electron chi connectivity index (χ1n) is 4.07. The number of thioether (sulfide) groups is 1. The SMILES string of the molecule is c1nsc(NCC2CCCS2)n1. The Morgan fingerprint density at radius 1 is 1.67 bits per heavy atom. The quantitative estimate of drug-likeness (QED) is 0.810. The Hall–Kier alpha value is -0.290. The molecule has 1 aromatic rings. The highest BCUT2D eigenvalue weighted by Gasteiger charge is 2.15. The molecule has 0 radical (unpaired) electrons. The lowest BCUT2D eigenvalue weighted by Gasteiger charge is -2.07. The number of anilines is 1. The molecule has 1 unspecified atom stereocenters. The fraction of sp³-hybridized carbons (Fsp3) is 0.714. The van der Waals surface area contributed by atoms with Gasteiger partial charge in [0, 0.05) is 23.3 Å². The number of aromatic nitrogens is 2. The molecule has 3 nitrogen and oxygen atoms in total. The summed E-state index contributed by atoms with van der Waals surface area (Å²) in [6.45, 7) is 1.04. The van der Waals surface area contributed by atoms with E-state index in [1.54, 1.807) is 6.33 Å². The van der Waals surface area contributed by atoms with Gasteiger partial charge >= 0.3 is 0 Å². The molecule has 66 valence electrons. The first kappa shape index (κ1) is 8.31. The minimum absolute atomic E-state index is 0.786. The number of rotatable bonds is 3. The van der Waals surface area contributed by atoms with E-state index in [0.717, 1.165) is 16.9 Å². The third kappa shape index (κ3) is 2.10. The molecule has 2 heterocycles. The van der Waals surface area contributed by atoms with Crippen LogP contribution in [-0.2, 0) is 0 Å². The summed E-state index contributed by atoms with van der Waals surface area (Å²) in [6, 6.07) is 0. The maximum Gasteiger partial charge on any atom is 0.202 e. The molecular weight excluding hydrogens is 190 g/mol. The van der Waals surface area contributed by atoms with Crippen LogP contribution in [0.25, 0.3) is 0 Å². The molecule has 0 saturated carbocycles. The number of nitrogens with zero attached hydrogens (tertiary/aromatic N) is 2. The molecule has 1 saturated heterocycles. The molecule has 12 heavy (non-hydrogen) atoms. The van der Waals surface area contributed by atoms with Crippen molar-refractivity contribution in [2.75, 3.05) is 17.6 Å². The normalized spacial score (nSPS) is 22.8. The van der Waals surface area contributed by atoms with Gasteiger partial charge in [-0.15, -0.1) is 0 Å². The van der Waals surface area contributed by atoms with Crippen LogP contribution in [0.4, 0.5) is 5.13 Å². The number of nitrogens with one attached hydrogen (secondary N) is 1. The van der Waals surface area contributed by atoms with Gasteiger partial charge in [-0.25, -0.2) is 4.98 Å². The van der Waals surface area contributed by atoms with Crippen molar-refractivity contribution in [2.24, 2.45) is 0 Å². The highest BCUT2D eigenvalue weighted by Crippen LogP contribution is 2.26. The van der Waals surface area contributed by atoms with Crippen molar-refractivity contribution in [1.82, 2.24) is 9.36 Å². The van der Waals surface area contributed by atoms with Gasteiger partial charge in [0.15, 0.2) is 0 Å². The Morgan fingerprint density at radius 2 is 2.67 bits per heavy atom. The molecule has 1 fully saturated rings. The van der Waals surface area contributed by atoms with Crippen LogP contribution in [0, 0.1) is 0 Å². The van der Waals surface area contributed by atoms with Gasteiger partial charge in [0.25, 0.3) is 0 Å². The topological polar surface area (TPSA) is 37.8 Å². The van der Waals surface area contributed by atoms with Crippen LogP contribution in [0.15, 0.2) is 6.33 Å². The van der Waals surface area contributed by atoms with Crippen molar-refractivity contribution < 1.29 is 0 Å².